The third-order valence-electron chi connectivity index (χ3n) is 5.61. The normalized spacial score (nSPS) is 14.9. The summed E-state index contributed by atoms with van der Waals surface area (Å²) in [6.07, 6.45) is 6.08. The SMILES string of the molecule is COc1ccc(C(NC(=O)c2ccc(N3CCCCC3=O)cc2)c2nccn2C)cc1. The second kappa shape index (κ2) is 9.04. The van der Waals surface area contributed by atoms with Gasteiger partial charge in [0.15, 0.2) is 0 Å². The van der Waals surface area contributed by atoms with Gasteiger partial charge >= 0.3 is 0 Å². The zero-order valence-electron chi connectivity index (χ0n) is 17.7. The molecule has 7 nitrogen and oxygen atoms in total. The minimum Gasteiger partial charge on any atom is -0.497 e. The molecule has 1 aliphatic heterocycles. The summed E-state index contributed by atoms with van der Waals surface area (Å²) in [5.74, 6) is 1.41. The van der Waals surface area contributed by atoms with Crippen LogP contribution in [0.15, 0.2) is 60.9 Å². The molecule has 1 saturated heterocycles. The molecule has 1 atom stereocenters. The van der Waals surface area contributed by atoms with Crippen molar-refractivity contribution >= 4 is 17.5 Å². The van der Waals surface area contributed by atoms with E-state index in [4.69, 9.17) is 4.74 Å². The lowest BCUT2D eigenvalue weighted by Crippen LogP contribution is -2.35. The largest absolute Gasteiger partial charge is 0.497 e. The van der Waals surface area contributed by atoms with Gasteiger partial charge in [-0.2, -0.15) is 0 Å². The van der Waals surface area contributed by atoms with Gasteiger partial charge in [-0.1, -0.05) is 12.1 Å². The van der Waals surface area contributed by atoms with Crippen LogP contribution in [0, 0.1) is 0 Å². The van der Waals surface area contributed by atoms with E-state index < -0.39 is 6.04 Å². The standard InChI is InChI=1S/C24H26N4O3/c1-27-16-14-25-23(27)22(17-8-12-20(31-2)13-9-17)26-24(30)18-6-10-19(11-7-18)28-15-4-3-5-21(28)29/h6-14,16,22H,3-5,15H2,1-2H3,(H,26,30). The maximum absolute atomic E-state index is 13.1. The van der Waals surface area contributed by atoms with Gasteiger partial charge in [-0.15, -0.1) is 0 Å². The summed E-state index contributed by atoms with van der Waals surface area (Å²) in [7, 11) is 3.52. The maximum atomic E-state index is 13.1. The van der Waals surface area contributed by atoms with Gasteiger partial charge in [-0.25, -0.2) is 4.98 Å². The number of aryl methyl sites for hydroxylation is 1. The van der Waals surface area contributed by atoms with Crippen molar-refractivity contribution in [1.82, 2.24) is 14.9 Å². The van der Waals surface area contributed by atoms with E-state index in [0.29, 0.717) is 12.0 Å². The van der Waals surface area contributed by atoms with Crippen LogP contribution in [0.5, 0.6) is 5.75 Å². The molecule has 1 fully saturated rings. The van der Waals surface area contributed by atoms with E-state index in [2.05, 4.69) is 10.3 Å². The molecule has 3 aromatic rings. The topological polar surface area (TPSA) is 76.5 Å². The van der Waals surface area contributed by atoms with Crippen molar-refractivity contribution in [3.8, 4) is 5.75 Å². The highest BCUT2D eigenvalue weighted by Crippen LogP contribution is 2.25. The Morgan fingerprint density at radius 1 is 1.10 bits per heavy atom. The monoisotopic (exact) mass is 418 g/mol. The Labute approximate surface area is 181 Å². The molecule has 160 valence electrons. The lowest BCUT2D eigenvalue weighted by Gasteiger charge is -2.27. The Kier molecular flexibility index (Phi) is 6.02. The highest BCUT2D eigenvalue weighted by Gasteiger charge is 2.23. The summed E-state index contributed by atoms with van der Waals surface area (Å²) >= 11 is 0. The molecule has 0 radical (unpaired) electrons. The van der Waals surface area contributed by atoms with Gasteiger partial charge in [0.25, 0.3) is 5.91 Å². The number of anilines is 1. The molecular formula is C24H26N4O3. The number of piperidine rings is 1. The van der Waals surface area contributed by atoms with Crippen molar-refractivity contribution in [3.05, 3.63) is 77.9 Å². The molecule has 1 aliphatic rings. The number of carbonyl (C=O) groups excluding carboxylic acids is 2. The average Bonchev–Trinajstić information content (AvgIpc) is 3.23. The Balaban J connectivity index is 1.56. The summed E-state index contributed by atoms with van der Waals surface area (Å²) in [4.78, 5) is 31.4. The fraction of sp³-hybridized carbons (Fsp3) is 0.292. The molecule has 2 amide bonds. The van der Waals surface area contributed by atoms with E-state index in [-0.39, 0.29) is 11.8 Å². The number of imidazole rings is 1. The second-order valence-corrected chi connectivity index (χ2v) is 7.63. The van der Waals surface area contributed by atoms with Gasteiger partial charge in [0.2, 0.25) is 5.91 Å². The van der Waals surface area contributed by atoms with Crippen LogP contribution < -0.4 is 15.0 Å². The molecule has 4 rings (SSSR count). The van der Waals surface area contributed by atoms with Crippen LogP contribution in [-0.4, -0.2) is 35.0 Å². The molecule has 0 saturated carbocycles. The third-order valence-corrected chi connectivity index (χ3v) is 5.61. The highest BCUT2D eigenvalue weighted by atomic mass is 16.5. The third kappa shape index (κ3) is 4.45. The minimum absolute atomic E-state index is 0.137. The van der Waals surface area contributed by atoms with Crippen molar-refractivity contribution in [2.24, 2.45) is 7.05 Å². The van der Waals surface area contributed by atoms with Crippen molar-refractivity contribution in [1.29, 1.82) is 0 Å². The molecule has 1 aromatic heterocycles. The van der Waals surface area contributed by atoms with Gasteiger partial charge in [0, 0.05) is 43.7 Å². The lowest BCUT2D eigenvalue weighted by molar-refractivity contribution is -0.119. The quantitative estimate of drug-likeness (QED) is 0.665. The molecule has 2 heterocycles. The van der Waals surface area contributed by atoms with Crippen molar-refractivity contribution < 1.29 is 14.3 Å². The first-order valence-electron chi connectivity index (χ1n) is 10.4. The first kappa shape index (κ1) is 20.7. The lowest BCUT2D eigenvalue weighted by atomic mass is 10.0. The number of aromatic nitrogens is 2. The highest BCUT2D eigenvalue weighted by molar-refractivity contribution is 5.97. The van der Waals surface area contributed by atoms with Crippen LogP contribution in [0.1, 0.15) is 47.1 Å². The zero-order valence-corrected chi connectivity index (χ0v) is 17.7. The summed E-state index contributed by atoms with van der Waals surface area (Å²) in [5.41, 5.74) is 2.26. The van der Waals surface area contributed by atoms with Crippen LogP contribution >= 0.6 is 0 Å². The van der Waals surface area contributed by atoms with E-state index in [1.54, 1.807) is 30.3 Å². The summed E-state index contributed by atoms with van der Waals surface area (Å²) in [6, 6.07) is 14.3. The Morgan fingerprint density at radius 2 is 1.84 bits per heavy atom. The number of nitrogens with zero attached hydrogens (tertiary/aromatic N) is 3. The number of carbonyl (C=O) groups is 2. The molecule has 1 N–H and O–H groups in total. The molecule has 0 spiro atoms. The molecule has 1 unspecified atom stereocenters. The van der Waals surface area contributed by atoms with Crippen LogP contribution in [0.25, 0.3) is 0 Å². The van der Waals surface area contributed by atoms with Crippen molar-refractivity contribution in [2.45, 2.75) is 25.3 Å². The average molecular weight is 418 g/mol. The number of ether oxygens (including phenoxy) is 1. The van der Waals surface area contributed by atoms with Gasteiger partial charge in [-0.3, -0.25) is 9.59 Å². The van der Waals surface area contributed by atoms with E-state index in [1.807, 2.05) is 54.2 Å². The summed E-state index contributed by atoms with van der Waals surface area (Å²) < 4.78 is 7.14. The van der Waals surface area contributed by atoms with Gasteiger partial charge in [0.1, 0.15) is 17.6 Å². The number of benzene rings is 2. The molecule has 7 heteroatoms. The predicted octanol–water partition coefficient (Wildman–Crippen LogP) is 3.47. The first-order valence-corrected chi connectivity index (χ1v) is 10.4. The van der Waals surface area contributed by atoms with Crippen LogP contribution in [0.4, 0.5) is 5.69 Å². The number of hydrogen-bond acceptors (Lipinski definition) is 4. The number of hydrogen-bond donors (Lipinski definition) is 1. The molecule has 0 bridgehead atoms. The summed E-state index contributed by atoms with van der Waals surface area (Å²) in [5, 5.41) is 3.09. The first-order chi connectivity index (χ1) is 15.1. The summed E-state index contributed by atoms with van der Waals surface area (Å²) in [6.45, 7) is 0.725. The van der Waals surface area contributed by atoms with Crippen LogP contribution in [-0.2, 0) is 11.8 Å². The maximum Gasteiger partial charge on any atom is 0.252 e. The van der Waals surface area contributed by atoms with Crippen molar-refractivity contribution in [3.63, 3.8) is 0 Å². The smallest absolute Gasteiger partial charge is 0.252 e. The molecule has 31 heavy (non-hydrogen) atoms. The number of amides is 2. The van der Waals surface area contributed by atoms with E-state index >= 15 is 0 Å². The van der Waals surface area contributed by atoms with Gasteiger partial charge < -0.3 is 19.5 Å². The molecule has 0 aliphatic carbocycles. The Hall–Kier alpha value is -3.61. The number of rotatable bonds is 6. The molecule has 2 aromatic carbocycles. The van der Waals surface area contributed by atoms with E-state index in [1.165, 1.54) is 0 Å². The van der Waals surface area contributed by atoms with Gasteiger partial charge in [-0.05, 0) is 54.8 Å². The fourth-order valence-corrected chi connectivity index (χ4v) is 3.83. The zero-order chi connectivity index (χ0) is 21.8. The van der Waals surface area contributed by atoms with Crippen LogP contribution in [0.3, 0.4) is 0 Å². The Morgan fingerprint density at radius 3 is 2.45 bits per heavy atom. The van der Waals surface area contributed by atoms with Crippen molar-refractivity contribution in [2.75, 3.05) is 18.6 Å². The minimum atomic E-state index is -0.415. The molecular weight excluding hydrogens is 392 g/mol. The van der Waals surface area contributed by atoms with E-state index in [0.717, 1.165) is 42.2 Å². The number of methoxy groups -OCH3 is 1. The number of nitrogens with one attached hydrogen (secondary N) is 1. The van der Waals surface area contributed by atoms with Crippen LogP contribution in [0.2, 0.25) is 0 Å². The Bertz CT molecular complexity index is 1060. The second-order valence-electron chi connectivity index (χ2n) is 7.63. The predicted molar refractivity (Wildman–Crippen MR) is 118 cm³/mol. The van der Waals surface area contributed by atoms with E-state index in [9.17, 15) is 9.59 Å². The fourth-order valence-electron chi connectivity index (χ4n) is 3.83. The van der Waals surface area contributed by atoms with Gasteiger partial charge in [0.05, 0.1) is 7.11 Å².